The minimum atomic E-state index is 0.195. The number of hydrogen-bond donors (Lipinski definition) is 0. The van der Waals surface area contributed by atoms with Crippen LogP contribution in [0.3, 0.4) is 0 Å². The Hall–Kier alpha value is -1.12. The van der Waals surface area contributed by atoms with E-state index in [-0.39, 0.29) is 5.92 Å². The molecule has 0 saturated carbocycles. The van der Waals surface area contributed by atoms with E-state index in [1.54, 1.807) is 12.1 Å². The summed E-state index contributed by atoms with van der Waals surface area (Å²) in [4.78, 5) is 2.05. The van der Waals surface area contributed by atoms with Crippen LogP contribution in [0.5, 0.6) is 0 Å². The zero-order chi connectivity index (χ0) is 19.1. The quantitative estimate of drug-likeness (QED) is 0.411. The maximum absolute atomic E-state index is 6.47. The van der Waals surface area contributed by atoms with Crippen LogP contribution in [0.1, 0.15) is 30.4 Å². The molecule has 0 spiro atoms. The normalized spacial score (nSPS) is 12.3. The predicted octanol–water partition coefficient (Wildman–Crippen LogP) is 8.00. The van der Waals surface area contributed by atoms with E-state index >= 15 is 0 Å². The Balaban J connectivity index is 2.25. The lowest BCUT2D eigenvalue weighted by molar-refractivity contribution is 0.434. The number of aryl methyl sites for hydroxylation is 1. The van der Waals surface area contributed by atoms with Gasteiger partial charge in [0.2, 0.25) is 0 Å². The van der Waals surface area contributed by atoms with Crippen LogP contribution >= 0.6 is 46.4 Å². The van der Waals surface area contributed by atoms with Gasteiger partial charge in [0.1, 0.15) is 0 Å². The molecule has 0 aliphatic heterocycles. The molecule has 2 aromatic carbocycles. The molecule has 0 fully saturated rings. The highest BCUT2D eigenvalue weighted by molar-refractivity contribution is 6.35. The molecule has 26 heavy (non-hydrogen) atoms. The first-order chi connectivity index (χ1) is 12.4. The molecule has 0 amide bonds. The molecule has 0 N–H and O–H groups in total. The molecule has 0 aliphatic carbocycles. The molecular formula is C21H21Cl4N. The van der Waals surface area contributed by atoms with Crippen molar-refractivity contribution >= 4 is 46.4 Å². The molecule has 0 radical (unpaired) electrons. The van der Waals surface area contributed by atoms with Crippen molar-refractivity contribution in [3.8, 4) is 0 Å². The van der Waals surface area contributed by atoms with Crippen LogP contribution < -0.4 is 0 Å². The molecule has 2 aromatic rings. The summed E-state index contributed by atoms with van der Waals surface area (Å²) in [6.45, 7) is 6.63. The van der Waals surface area contributed by atoms with Crippen molar-refractivity contribution in [2.45, 2.75) is 25.7 Å². The molecule has 0 bridgehead atoms. The van der Waals surface area contributed by atoms with Gasteiger partial charge in [0.25, 0.3) is 0 Å². The molecular weight excluding hydrogens is 408 g/mol. The zero-order valence-corrected chi connectivity index (χ0v) is 17.6. The number of halogens is 4. The second-order valence-corrected chi connectivity index (χ2v) is 7.69. The molecule has 0 saturated heterocycles. The summed E-state index contributed by atoms with van der Waals surface area (Å²) < 4.78 is 0. The molecule has 1 unspecified atom stereocenters. The fourth-order valence-electron chi connectivity index (χ4n) is 2.87. The molecule has 1 atom stereocenters. The van der Waals surface area contributed by atoms with E-state index in [1.807, 2.05) is 49.7 Å². The molecule has 0 heterocycles. The van der Waals surface area contributed by atoms with Crippen molar-refractivity contribution in [3.63, 3.8) is 0 Å². The molecule has 138 valence electrons. The molecule has 1 nitrogen and oxygen atoms in total. The third-order valence-electron chi connectivity index (χ3n) is 4.19. The lowest BCUT2D eigenvalue weighted by atomic mass is 9.91. The van der Waals surface area contributed by atoms with E-state index in [2.05, 4.69) is 11.5 Å². The Labute approximate surface area is 175 Å². The van der Waals surface area contributed by atoms with E-state index in [4.69, 9.17) is 46.4 Å². The largest absolute Gasteiger partial charge is 0.355 e. The zero-order valence-electron chi connectivity index (χ0n) is 14.6. The van der Waals surface area contributed by atoms with Crippen molar-refractivity contribution in [3.05, 3.63) is 92.7 Å². The molecule has 0 aliphatic rings. The van der Waals surface area contributed by atoms with Gasteiger partial charge in [0.05, 0.1) is 0 Å². The first-order valence-electron chi connectivity index (χ1n) is 8.34. The minimum absolute atomic E-state index is 0.195. The molecule has 2 rings (SSSR count). The smallest absolute Gasteiger partial charge is 0.0456 e. The van der Waals surface area contributed by atoms with E-state index in [9.17, 15) is 0 Å². The predicted molar refractivity (Wildman–Crippen MR) is 116 cm³/mol. The minimum Gasteiger partial charge on any atom is -0.355 e. The second kappa shape index (κ2) is 10.3. The van der Waals surface area contributed by atoms with E-state index in [0.29, 0.717) is 20.1 Å². The third-order valence-corrected chi connectivity index (χ3v) is 5.34. The molecule has 5 heteroatoms. The van der Waals surface area contributed by atoms with Gasteiger partial charge in [-0.2, -0.15) is 0 Å². The fourth-order valence-corrected chi connectivity index (χ4v) is 3.94. The Morgan fingerprint density at radius 1 is 1.00 bits per heavy atom. The maximum atomic E-state index is 6.47. The van der Waals surface area contributed by atoms with Gasteiger partial charge in [-0.3, -0.25) is 0 Å². The average Bonchev–Trinajstić information content (AvgIpc) is 2.59. The number of rotatable bonds is 8. The van der Waals surface area contributed by atoms with Crippen molar-refractivity contribution in [1.29, 1.82) is 0 Å². The summed E-state index contributed by atoms with van der Waals surface area (Å²) in [5.74, 6) is 0.195. The van der Waals surface area contributed by atoms with Crippen LogP contribution in [0.2, 0.25) is 20.1 Å². The van der Waals surface area contributed by atoms with Crippen molar-refractivity contribution in [1.82, 2.24) is 4.90 Å². The van der Waals surface area contributed by atoms with Gasteiger partial charge in [-0.25, -0.2) is 0 Å². The van der Waals surface area contributed by atoms with Crippen LogP contribution in [-0.2, 0) is 6.42 Å². The van der Waals surface area contributed by atoms with Crippen molar-refractivity contribution in [2.75, 3.05) is 6.54 Å². The Morgan fingerprint density at radius 2 is 1.65 bits per heavy atom. The fraction of sp³-hybridized carbons (Fsp3) is 0.238. The topological polar surface area (TPSA) is 3.24 Å². The van der Waals surface area contributed by atoms with Gasteiger partial charge in [-0.05, 0) is 67.6 Å². The van der Waals surface area contributed by atoms with Crippen LogP contribution in [0, 0.1) is 0 Å². The van der Waals surface area contributed by atoms with E-state index in [1.165, 1.54) is 0 Å². The standard InChI is InChI=1S/C21H21Cl4N/c1-3-11-26(4-2)14-16(19-10-9-18(23)13-21(19)25)6-5-15-7-8-17(22)12-20(15)24/h3-4,7-13,16H,2,5-6,14H2,1H3/b11-3-. The Kier molecular flexibility index (Phi) is 8.37. The number of nitrogens with zero attached hydrogens (tertiary/aromatic N) is 1. The van der Waals surface area contributed by atoms with Gasteiger partial charge in [-0.15, -0.1) is 0 Å². The first kappa shape index (κ1) is 21.2. The molecule has 0 aromatic heterocycles. The van der Waals surface area contributed by atoms with Gasteiger partial charge in [0, 0.05) is 32.6 Å². The summed E-state index contributed by atoms with van der Waals surface area (Å²) in [6, 6.07) is 11.3. The van der Waals surface area contributed by atoms with E-state index < -0.39 is 0 Å². The monoisotopic (exact) mass is 427 g/mol. The second-order valence-electron chi connectivity index (χ2n) is 6.00. The van der Waals surface area contributed by atoms with Gasteiger partial charge in [-0.1, -0.05) is 71.2 Å². The van der Waals surface area contributed by atoms with Crippen molar-refractivity contribution < 1.29 is 0 Å². The maximum Gasteiger partial charge on any atom is 0.0456 e. The summed E-state index contributed by atoms with van der Waals surface area (Å²) in [5.41, 5.74) is 2.14. The van der Waals surface area contributed by atoms with Crippen molar-refractivity contribution in [2.24, 2.45) is 0 Å². The highest BCUT2D eigenvalue weighted by atomic mass is 35.5. The van der Waals surface area contributed by atoms with Gasteiger partial charge < -0.3 is 4.90 Å². The summed E-state index contributed by atoms with van der Waals surface area (Å²) in [5, 5.41) is 2.64. The highest BCUT2D eigenvalue weighted by Gasteiger charge is 2.18. The van der Waals surface area contributed by atoms with Gasteiger partial charge in [0.15, 0.2) is 0 Å². The Morgan fingerprint density at radius 3 is 2.23 bits per heavy atom. The van der Waals surface area contributed by atoms with Crippen LogP contribution in [-0.4, -0.2) is 11.4 Å². The third kappa shape index (κ3) is 5.96. The lowest BCUT2D eigenvalue weighted by Gasteiger charge is -2.25. The van der Waals surface area contributed by atoms with Crippen LogP contribution in [0.15, 0.2) is 61.5 Å². The summed E-state index contributed by atoms with van der Waals surface area (Å²) in [6.07, 6.45) is 7.49. The van der Waals surface area contributed by atoms with E-state index in [0.717, 1.165) is 30.5 Å². The SMILES string of the molecule is C=CN(/C=C\C)CC(CCc1ccc(Cl)cc1Cl)c1ccc(Cl)cc1Cl. The first-order valence-corrected chi connectivity index (χ1v) is 9.85. The average molecular weight is 429 g/mol. The van der Waals surface area contributed by atoms with Crippen LogP contribution in [0.4, 0.5) is 0 Å². The lowest BCUT2D eigenvalue weighted by Crippen LogP contribution is -2.19. The highest BCUT2D eigenvalue weighted by Crippen LogP contribution is 2.32. The van der Waals surface area contributed by atoms with Gasteiger partial charge >= 0.3 is 0 Å². The number of benzene rings is 2. The van der Waals surface area contributed by atoms with Crippen LogP contribution in [0.25, 0.3) is 0 Å². The number of allylic oxidation sites excluding steroid dienone is 1. The summed E-state index contributed by atoms with van der Waals surface area (Å²) >= 11 is 24.9. The summed E-state index contributed by atoms with van der Waals surface area (Å²) in [7, 11) is 0. The Bertz CT molecular complexity index is 786. The number of hydrogen-bond acceptors (Lipinski definition) is 1.